The quantitative estimate of drug-likeness (QED) is 0.0962. The number of carbonyl (C=O) groups excluding carboxylic acids is 3. The molecule has 16 nitrogen and oxygen atoms in total. The molecule has 5 fully saturated rings. The molecule has 0 spiro atoms. The number of aryl methyl sites for hydroxylation is 1. The monoisotopic (exact) mass is 915 g/mol. The first-order chi connectivity index (χ1) is 31.3. The molecule has 1 saturated heterocycles. The van der Waals surface area contributed by atoms with Crippen LogP contribution in [0, 0.1) is 40.4 Å². The van der Waals surface area contributed by atoms with Crippen LogP contribution in [0.1, 0.15) is 97.3 Å². The number of amides is 3. The summed E-state index contributed by atoms with van der Waals surface area (Å²) in [4.78, 5) is 67.5. The first-order valence-corrected chi connectivity index (χ1v) is 24.0. The van der Waals surface area contributed by atoms with Crippen LogP contribution in [-0.4, -0.2) is 91.5 Å². The third-order valence-electron chi connectivity index (χ3n) is 15.9. The number of benzene rings is 1. The second kappa shape index (κ2) is 19.8. The van der Waals surface area contributed by atoms with Crippen LogP contribution in [0.5, 0.6) is 11.5 Å². The van der Waals surface area contributed by atoms with Crippen molar-refractivity contribution in [1.82, 2.24) is 30.5 Å². The molecule has 0 unspecified atom stereocenters. The van der Waals surface area contributed by atoms with Crippen molar-refractivity contribution in [2.45, 2.75) is 97.3 Å². The van der Waals surface area contributed by atoms with Gasteiger partial charge in [0.1, 0.15) is 10.8 Å². The smallest absolute Gasteiger partial charge is 0.293 e. The maximum Gasteiger partial charge on any atom is 0.293 e. The summed E-state index contributed by atoms with van der Waals surface area (Å²) in [6.07, 6.45) is 16.4. The van der Waals surface area contributed by atoms with Gasteiger partial charge in [-0.3, -0.25) is 19.2 Å². The highest BCUT2D eigenvalue weighted by molar-refractivity contribution is 6.33. The van der Waals surface area contributed by atoms with Gasteiger partial charge in [0, 0.05) is 68.7 Å². The van der Waals surface area contributed by atoms with Crippen LogP contribution in [0.25, 0.3) is 10.9 Å². The van der Waals surface area contributed by atoms with E-state index in [2.05, 4.69) is 45.3 Å². The summed E-state index contributed by atoms with van der Waals surface area (Å²) in [6, 6.07) is 5.11. The van der Waals surface area contributed by atoms with E-state index in [0.717, 1.165) is 29.9 Å². The summed E-state index contributed by atoms with van der Waals surface area (Å²) in [5, 5.41) is 17.2. The molecule has 1 aliphatic heterocycles. The minimum absolute atomic E-state index is 0.00209. The zero-order valence-electron chi connectivity index (χ0n) is 38.6. The maximum atomic E-state index is 13.1. The van der Waals surface area contributed by atoms with Crippen LogP contribution in [0.4, 0.5) is 17.5 Å². The molecule has 6 atom stereocenters. The second-order valence-electron chi connectivity index (χ2n) is 19.4. The van der Waals surface area contributed by atoms with Crippen molar-refractivity contribution in [1.29, 1.82) is 0 Å². The predicted octanol–water partition coefficient (Wildman–Crippen LogP) is 6.50. The molecule has 3 amide bonds. The normalized spacial score (nSPS) is 27.0. The van der Waals surface area contributed by atoms with E-state index < -0.39 is 5.56 Å². The summed E-state index contributed by atoms with van der Waals surface area (Å²) in [6.45, 7) is 6.67. The van der Waals surface area contributed by atoms with E-state index in [9.17, 15) is 19.2 Å². The van der Waals surface area contributed by atoms with Gasteiger partial charge in [0.25, 0.3) is 17.4 Å². The first kappa shape index (κ1) is 46.4. The molecule has 352 valence electrons. The average molecular weight is 917 g/mol. The Morgan fingerprint density at radius 3 is 2.51 bits per heavy atom. The molecular weight excluding hydrogens is 850 g/mol. The number of oxime groups is 1. The lowest BCUT2D eigenvalue weighted by Gasteiger charge is -2.59. The number of hydrogen-bond acceptors (Lipinski definition) is 12. The molecule has 0 bridgehead atoms. The molecule has 4 N–H and O–H groups in total. The van der Waals surface area contributed by atoms with Crippen molar-refractivity contribution >= 4 is 63.4 Å². The Hall–Kier alpha value is -5.12. The topological polar surface area (TPSA) is 190 Å². The van der Waals surface area contributed by atoms with Crippen molar-refractivity contribution < 1.29 is 28.7 Å². The van der Waals surface area contributed by atoms with Gasteiger partial charge < -0.3 is 45.0 Å². The van der Waals surface area contributed by atoms with Gasteiger partial charge in [-0.1, -0.05) is 43.4 Å². The average Bonchev–Trinajstić information content (AvgIpc) is 3.65. The Morgan fingerprint density at radius 1 is 0.923 bits per heavy atom. The Balaban J connectivity index is 0.762. The third-order valence-corrected chi connectivity index (χ3v) is 16.2. The van der Waals surface area contributed by atoms with E-state index in [1.54, 1.807) is 25.2 Å². The van der Waals surface area contributed by atoms with Crippen LogP contribution in [-0.2, 0) is 26.3 Å². The lowest BCUT2D eigenvalue weighted by molar-refractivity contribution is -0.125. The van der Waals surface area contributed by atoms with Crippen molar-refractivity contribution in [2.75, 3.05) is 63.8 Å². The highest BCUT2D eigenvalue weighted by atomic mass is 35.5. The molecule has 8 rings (SSSR count). The number of piperidine rings is 1. The third kappa shape index (κ3) is 9.60. The molecule has 3 aromatic rings. The first-order valence-electron chi connectivity index (χ1n) is 23.7. The van der Waals surface area contributed by atoms with Gasteiger partial charge in [-0.15, -0.1) is 0 Å². The maximum absolute atomic E-state index is 13.1. The highest BCUT2D eigenvalue weighted by Gasteiger charge is 2.59. The van der Waals surface area contributed by atoms with Gasteiger partial charge in [0.15, 0.2) is 24.8 Å². The van der Waals surface area contributed by atoms with Gasteiger partial charge in [-0.2, -0.15) is 4.98 Å². The number of aromatic nitrogens is 3. The van der Waals surface area contributed by atoms with Crippen molar-refractivity contribution in [3.63, 3.8) is 0 Å². The number of nitrogens with one attached hydrogen (secondary N) is 4. The second-order valence-corrected chi connectivity index (χ2v) is 19.8. The summed E-state index contributed by atoms with van der Waals surface area (Å²) < 4.78 is 12.6. The molecule has 4 aliphatic carbocycles. The number of pyridine rings is 1. The zero-order chi connectivity index (χ0) is 45.9. The van der Waals surface area contributed by atoms with Crippen LogP contribution in [0.3, 0.4) is 0 Å². The number of hydrogen-bond donors (Lipinski definition) is 4. The van der Waals surface area contributed by atoms with Gasteiger partial charge in [-0.25, -0.2) is 4.98 Å². The molecule has 5 aliphatic rings. The molecular formula is C48H66ClN9O7. The fourth-order valence-electron chi connectivity index (χ4n) is 12.3. The van der Waals surface area contributed by atoms with Gasteiger partial charge in [0.2, 0.25) is 11.9 Å². The number of anilines is 3. The minimum atomic E-state index is -0.411. The van der Waals surface area contributed by atoms with E-state index in [1.165, 1.54) is 82.7 Å². The van der Waals surface area contributed by atoms with E-state index >= 15 is 0 Å². The number of carbonyl (C=O) groups is 3. The Kier molecular flexibility index (Phi) is 14.1. The number of nitrogens with zero attached hydrogens (tertiary/aromatic N) is 5. The molecule has 3 heterocycles. The summed E-state index contributed by atoms with van der Waals surface area (Å²) in [7, 11) is 4.61. The summed E-state index contributed by atoms with van der Waals surface area (Å²) in [5.41, 5.74) is 2.47. The number of rotatable bonds is 15. The van der Waals surface area contributed by atoms with E-state index in [1.807, 2.05) is 4.90 Å². The van der Waals surface area contributed by atoms with Crippen LogP contribution >= 0.6 is 11.6 Å². The molecule has 65 heavy (non-hydrogen) atoms. The van der Waals surface area contributed by atoms with Gasteiger partial charge in [-0.05, 0) is 112 Å². The Labute approximate surface area is 386 Å². The van der Waals surface area contributed by atoms with Gasteiger partial charge >= 0.3 is 0 Å². The lowest BCUT2D eigenvalue weighted by Crippen LogP contribution is -2.52. The number of fused-ring (bicyclic) bond motifs is 6. The van der Waals surface area contributed by atoms with Crippen molar-refractivity contribution in [3.05, 3.63) is 39.8 Å². The summed E-state index contributed by atoms with van der Waals surface area (Å²) >= 11 is 6.57. The Bertz CT molecular complexity index is 2350. The molecule has 2 aromatic heterocycles. The lowest BCUT2D eigenvalue weighted by atomic mass is 9.45. The largest absolute Gasteiger partial charge is 0.494 e. The molecule has 1 aromatic carbocycles. The predicted molar refractivity (Wildman–Crippen MR) is 251 cm³/mol. The zero-order valence-corrected chi connectivity index (χ0v) is 39.4. The Morgan fingerprint density at radius 2 is 1.72 bits per heavy atom. The van der Waals surface area contributed by atoms with E-state index in [4.69, 9.17) is 30.9 Å². The molecule has 4 saturated carbocycles. The number of likely N-dealkylation sites (N-methyl/N-ethyl adjacent to an activating group) is 1. The molecule has 0 radical (unpaired) electrons. The van der Waals surface area contributed by atoms with Crippen molar-refractivity contribution in [2.24, 2.45) is 52.6 Å². The fraction of sp³-hybridized carbons (Fsp3) is 0.646. The fourth-order valence-corrected chi connectivity index (χ4v) is 12.5. The summed E-state index contributed by atoms with van der Waals surface area (Å²) in [5.74, 6) is 3.80. The number of ether oxygens (including phenoxy) is 2. The standard InChI is InChI=1S/C48H66ClN9O7/c1-47-17-7-6-9-31(47)10-11-33-34-12-13-39(48(34,2)18-14-35(33)47)56-65-28-41(60)51-19-8-20-52-44(61)29-15-21-58(22-16-29)46-53-26-36(49)43(55-46)54-32-23-30-24-38(64-27-40(59)50-3)45(62)57(4)42(30)37(25-32)63-5/h23-26,29,31,33-35H,6-22,27-28H2,1-5H3,(H,50,59)(H,51,60)(H,52,61)(H,53,54,55)/b56-39+/t31-,33+,34+,35+,47+,48+/m1/s1. The van der Waals surface area contributed by atoms with Crippen LogP contribution in [0.15, 0.2) is 34.3 Å². The van der Waals surface area contributed by atoms with Crippen molar-refractivity contribution in [3.8, 4) is 11.5 Å². The number of halogens is 1. The van der Waals surface area contributed by atoms with E-state index in [0.29, 0.717) is 95.9 Å². The highest BCUT2D eigenvalue weighted by Crippen LogP contribution is 2.65. The number of methoxy groups -OCH3 is 1. The minimum Gasteiger partial charge on any atom is -0.494 e. The van der Waals surface area contributed by atoms with Crippen LogP contribution < -0.4 is 41.2 Å². The molecule has 17 heteroatoms. The van der Waals surface area contributed by atoms with Gasteiger partial charge in [0.05, 0.1) is 24.5 Å². The van der Waals surface area contributed by atoms with E-state index in [-0.39, 0.29) is 48.0 Å². The SMILES string of the molecule is CNC(=O)COc1cc2cc(Nc3nc(N4CCC(C(=O)NCCCNC(=O)CO/N=C5\CC[C@H]6[C@@H]7CC[C@H]8CCCC[C@]8(C)[C@H]7CC[C@]56C)CC4)ncc3Cl)cc(OC)c2n(C)c1=O. The van der Waals surface area contributed by atoms with Crippen LogP contribution in [0.2, 0.25) is 5.02 Å².